The Kier molecular flexibility index (Phi) is 6.22. The molecule has 4 aromatic rings. The Balaban J connectivity index is 1.59. The molecule has 0 aliphatic carbocycles. The van der Waals surface area contributed by atoms with Gasteiger partial charge in [0.05, 0.1) is 45.0 Å². The van der Waals surface area contributed by atoms with Gasteiger partial charge in [-0.1, -0.05) is 0 Å². The number of rotatable bonds is 0. The molecule has 0 atom stereocenters. The zero-order valence-electron chi connectivity index (χ0n) is 18.7. The van der Waals surface area contributed by atoms with Gasteiger partial charge in [0.1, 0.15) is 29.8 Å². The van der Waals surface area contributed by atoms with Crippen molar-refractivity contribution >= 4 is 32.9 Å². The highest BCUT2D eigenvalue weighted by atomic mass is 16.6. The summed E-state index contributed by atoms with van der Waals surface area (Å²) in [6.07, 6.45) is 0. The zero-order valence-corrected chi connectivity index (χ0v) is 18.7. The first-order chi connectivity index (χ1) is 16.1. The van der Waals surface area contributed by atoms with Gasteiger partial charge < -0.3 is 32.5 Å². The van der Waals surface area contributed by atoms with Crippen LogP contribution in [0.1, 0.15) is 11.1 Å². The maximum Gasteiger partial charge on any atom is 0.348 e. The van der Waals surface area contributed by atoms with E-state index in [9.17, 15) is 4.79 Å². The largest absolute Gasteiger partial charge is 0.487 e. The van der Waals surface area contributed by atoms with Crippen LogP contribution in [0.15, 0.2) is 37.9 Å². The summed E-state index contributed by atoms with van der Waals surface area (Å²) in [5, 5.41) is 1.76. The van der Waals surface area contributed by atoms with Crippen LogP contribution in [-0.2, 0) is 14.2 Å². The van der Waals surface area contributed by atoms with Crippen LogP contribution in [0.5, 0.6) is 11.5 Å². The molecule has 33 heavy (non-hydrogen) atoms. The van der Waals surface area contributed by atoms with Crippen LogP contribution in [0.4, 0.5) is 0 Å². The summed E-state index contributed by atoms with van der Waals surface area (Å²) in [6, 6.07) is 7.36. The highest BCUT2D eigenvalue weighted by molar-refractivity contribution is 6.13. The van der Waals surface area contributed by atoms with Gasteiger partial charge in [0, 0.05) is 11.5 Å². The molecule has 0 N–H and O–H groups in total. The van der Waals surface area contributed by atoms with Gasteiger partial charge in [-0.15, -0.1) is 0 Å². The quantitative estimate of drug-likeness (QED) is 0.367. The molecule has 1 aliphatic rings. The number of benzene rings is 2. The van der Waals surface area contributed by atoms with Crippen LogP contribution >= 0.6 is 0 Å². The summed E-state index contributed by atoms with van der Waals surface area (Å²) >= 11 is 0. The molecule has 174 valence electrons. The molecule has 0 radical (unpaired) electrons. The molecule has 0 fully saturated rings. The fraction of sp³-hybridized carbons (Fsp3) is 0.400. The minimum atomic E-state index is -0.450. The highest BCUT2D eigenvalue weighted by Crippen LogP contribution is 2.39. The normalized spacial score (nSPS) is 16.7. The van der Waals surface area contributed by atoms with Gasteiger partial charge in [-0.2, -0.15) is 0 Å². The van der Waals surface area contributed by atoms with E-state index in [-0.39, 0.29) is 0 Å². The fourth-order valence-corrected chi connectivity index (χ4v) is 3.89. The number of fused-ring (bicyclic) bond motifs is 6. The van der Waals surface area contributed by atoms with Crippen molar-refractivity contribution in [2.45, 2.75) is 13.8 Å². The predicted octanol–water partition coefficient (Wildman–Crippen LogP) is 4.13. The monoisotopic (exact) mass is 454 g/mol. The van der Waals surface area contributed by atoms with Gasteiger partial charge in [-0.05, 0) is 43.2 Å². The number of furan rings is 1. The fourth-order valence-electron chi connectivity index (χ4n) is 3.89. The van der Waals surface area contributed by atoms with Gasteiger partial charge in [0.15, 0.2) is 17.1 Å². The number of ether oxygens (including phenoxy) is 5. The first-order valence-corrected chi connectivity index (χ1v) is 11.0. The summed E-state index contributed by atoms with van der Waals surface area (Å²) < 4.78 is 40.2. The maximum absolute atomic E-state index is 12.9. The maximum atomic E-state index is 12.9. The lowest BCUT2D eigenvalue weighted by molar-refractivity contribution is 0.00708. The molecule has 1 aliphatic heterocycles. The van der Waals surface area contributed by atoms with Gasteiger partial charge in [0.25, 0.3) is 0 Å². The van der Waals surface area contributed by atoms with E-state index in [1.165, 1.54) is 0 Å². The van der Waals surface area contributed by atoms with Crippen molar-refractivity contribution in [1.82, 2.24) is 0 Å². The minimum Gasteiger partial charge on any atom is -0.487 e. The first-order valence-electron chi connectivity index (χ1n) is 11.0. The Morgan fingerprint density at radius 3 is 1.82 bits per heavy atom. The molecule has 0 unspecified atom stereocenters. The molecule has 0 saturated heterocycles. The second kappa shape index (κ2) is 9.43. The Morgan fingerprint density at radius 2 is 1.15 bits per heavy atom. The van der Waals surface area contributed by atoms with Crippen LogP contribution in [0, 0.1) is 13.8 Å². The third-order valence-electron chi connectivity index (χ3n) is 5.72. The second-order valence-electron chi connectivity index (χ2n) is 7.96. The van der Waals surface area contributed by atoms with Crippen LogP contribution in [0.2, 0.25) is 0 Å². The van der Waals surface area contributed by atoms with Crippen molar-refractivity contribution in [2.75, 3.05) is 52.9 Å². The number of aryl methyl sites for hydroxylation is 2. The van der Waals surface area contributed by atoms with Crippen molar-refractivity contribution < 1.29 is 32.5 Å². The van der Waals surface area contributed by atoms with E-state index in [2.05, 4.69) is 0 Å². The van der Waals surface area contributed by atoms with E-state index >= 15 is 0 Å². The summed E-state index contributed by atoms with van der Waals surface area (Å²) in [5.74, 6) is 1.01. The number of hydrogen-bond donors (Lipinski definition) is 0. The summed E-state index contributed by atoms with van der Waals surface area (Å²) in [5.41, 5.74) is 3.20. The molecule has 5 rings (SSSR count). The molecule has 8 nitrogen and oxygen atoms in total. The highest BCUT2D eigenvalue weighted by Gasteiger charge is 2.20. The molecule has 0 bridgehead atoms. The van der Waals surface area contributed by atoms with Gasteiger partial charge in [-0.3, -0.25) is 0 Å². The SMILES string of the molecule is Cc1cc2oc(=O)c3c4cc5c(cc4oc3c2cc1C)OCCOCCOCCOCCO5. The smallest absolute Gasteiger partial charge is 0.348 e. The molecular formula is C25H26O8. The van der Waals surface area contributed by atoms with Crippen LogP contribution < -0.4 is 15.1 Å². The number of hydrogen-bond acceptors (Lipinski definition) is 8. The topological polar surface area (TPSA) is 89.5 Å². The van der Waals surface area contributed by atoms with Gasteiger partial charge in [-0.25, -0.2) is 4.79 Å². The Bertz CT molecular complexity index is 1350. The van der Waals surface area contributed by atoms with Gasteiger partial charge >= 0.3 is 5.63 Å². The third kappa shape index (κ3) is 4.42. The second-order valence-corrected chi connectivity index (χ2v) is 7.96. The van der Waals surface area contributed by atoms with Crippen molar-refractivity contribution in [2.24, 2.45) is 0 Å². The van der Waals surface area contributed by atoms with Crippen molar-refractivity contribution in [3.8, 4) is 11.5 Å². The summed E-state index contributed by atoms with van der Waals surface area (Å²) in [7, 11) is 0. The third-order valence-corrected chi connectivity index (χ3v) is 5.72. The van der Waals surface area contributed by atoms with E-state index in [1.807, 2.05) is 26.0 Å². The molecule has 0 amide bonds. The lowest BCUT2D eigenvalue weighted by atomic mass is 10.1. The molecule has 8 heteroatoms. The molecular weight excluding hydrogens is 428 g/mol. The lowest BCUT2D eigenvalue weighted by Gasteiger charge is -2.13. The first kappa shape index (κ1) is 21.8. The lowest BCUT2D eigenvalue weighted by Crippen LogP contribution is -2.13. The van der Waals surface area contributed by atoms with Crippen LogP contribution in [0.25, 0.3) is 32.9 Å². The molecule has 0 spiro atoms. The molecule has 3 heterocycles. The zero-order chi connectivity index (χ0) is 22.8. The van der Waals surface area contributed by atoms with E-state index in [4.69, 9.17) is 32.5 Å². The van der Waals surface area contributed by atoms with Crippen LogP contribution in [0.3, 0.4) is 0 Å². The minimum absolute atomic E-state index is 0.324. The van der Waals surface area contributed by atoms with Crippen LogP contribution in [-0.4, -0.2) is 52.9 Å². The van der Waals surface area contributed by atoms with E-state index in [1.54, 1.807) is 12.1 Å². The van der Waals surface area contributed by atoms with Crippen molar-refractivity contribution in [3.05, 3.63) is 45.8 Å². The summed E-state index contributed by atoms with van der Waals surface area (Å²) in [4.78, 5) is 12.9. The van der Waals surface area contributed by atoms with E-state index < -0.39 is 5.63 Å². The van der Waals surface area contributed by atoms with E-state index in [0.29, 0.717) is 91.9 Å². The van der Waals surface area contributed by atoms with Crippen molar-refractivity contribution in [1.29, 1.82) is 0 Å². The molecule has 2 aromatic heterocycles. The molecule has 2 aromatic carbocycles. The average molecular weight is 454 g/mol. The Hall–Kier alpha value is -3.07. The summed E-state index contributed by atoms with van der Waals surface area (Å²) in [6.45, 7) is 7.43. The Labute approximate surface area is 189 Å². The molecule has 0 saturated carbocycles. The standard InChI is InChI=1S/C25H26O8/c1-15-11-18-19(12-16(15)2)33-25(26)23-17-13-21-22(14-20(17)32-24(18)23)31-10-8-29-6-4-27-3-5-28-7-9-30-21/h11-14H,3-10H2,1-2H3. The van der Waals surface area contributed by atoms with Gasteiger partial charge in [0.2, 0.25) is 0 Å². The van der Waals surface area contributed by atoms with E-state index in [0.717, 1.165) is 16.5 Å². The van der Waals surface area contributed by atoms with Crippen molar-refractivity contribution in [3.63, 3.8) is 0 Å². The Morgan fingerprint density at radius 1 is 0.606 bits per heavy atom. The average Bonchev–Trinajstić information content (AvgIpc) is 3.16. The predicted molar refractivity (Wildman–Crippen MR) is 123 cm³/mol.